The molecule has 1 aromatic rings. The Hall–Kier alpha value is -1.42. The van der Waals surface area contributed by atoms with Crippen LogP contribution in [0.2, 0.25) is 0 Å². The standard InChI is InChI=1S/C18H28BNO6S/c1-12(2)15(16(21)24-7)20-27(22,23)14-10-8-13(9-11-14)19-25-17(3,4)18(5,6)26-19/h8-12,15,20H,1-7H3/t15-/m0/s1. The summed E-state index contributed by atoms with van der Waals surface area (Å²) >= 11 is 0. The van der Waals surface area contributed by atoms with Gasteiger partial charge in [-0.3, -0.25) is 4.79 Å². The first-order chi connectivity index (χ1) is 12.3. The van der Waals surface area contributed by atoms with Crippen molar-refractivity contribution < 1.29 is 27.3 Å². The minimum Gasteiger partial charge on any atom is -0.468 e. The molecule has 1 atom stereocenters. The second kappa shape index (κ2) is 7.54. The zero-order chi connectivity index (χ0) is 20.6. The predicted octanol–water partition coefficient (Wildman–Crippen LogP) is 1.46. The van der Waals surface area contributed by atoms with Crippen LogP contribution in [0.3, 0.4) is 0 Å². The summed E-state index contributed by atoms with van der Waals surface area (Å²) in [5.41, 5.74) is -0.231. The molecule has 2 rings (SSSR count). The van der Waals surface area contributed by atoms with Crippen molar-refractivity contribution in [1.29, 1.82) is 0 Å². The van der Waals surface area contributed by atoms with E-state index in [0.29, 0.717) is 0 Å². The molecule has 0 bridgehead atoms. The van der Waals surface area contributed by atoms with Gasteiger partial charge in [0.1, 0.15) is 6.04 Å². The Kier molecular flexibility index (Phi) is 6.11. The Morgan fingerprint density at radius 2 is 1.56 bits per heavy atom. The van der Waals surface area contributed by atoms with E-state index >= 15 is 0 Å². The molecule has 0 radical (unpaired) electrons. The van der Waals surface area contributed by atoms with E-state index in [-0.39, 0.29) is 10.8 Å². The number of methoxy groups -OCH3 is 1. The van der Waals surface area contributed by atoms with Crippen molar-refractivity contribution >= 4 is 28.6 Å². The second-order valence-corrected chi connectivity index (χ2v) is 9.74. The number of ether oxygens (including phenoxy) is 1. The first-order valence-electron chi connectivity index (χ1n) is 8.86. The van der Waals surface area contributed by atoms with Crippen LogP contribution in [0.25, 0.3) is 0 Å². The summed E-state index contributed by atoms with van der Waals surface area (Å²) < 4.78 is 44.3. The molecule has 1 heterocycles. The highest BCUT2D eigenvalue weighted by molar-refractivity contribution is 7.89. The number of rotatable bonds is 6. The van der Waals surface area contributed by atoms with Crippen LogP contribution < -0.4 is 10.2 Å². The van der Waals surface area contributed by atoms with E-state index in [1.807, 2.05) is 27.7 Å². The Morgan fingerprint density at radius 3 is 1.96 bits per heavy atom. The minimum atomic E-state index is -3.88. The van der Waals surface area contributed by atoms with Crippen LogP contribution in [0.4, 0.5) is 0 Å². The third-order valence-corrected chi connectivity index (χ3v) is 6.58. The Labute approximate surface area is 162 Å². The zero-order valence-electron chi connectivity index (χ0n) is 16.9. The summed E-state index contributed by atoms with van der Waals surface area (Å²) in [4.78, 5) is 11.9. The summed E-state index contributed by atoms with van der Waals surface area (Å²) in [7, 11) is -3.22. The summed E-state index contributed by atoms with van der Waals surface area (Å²) in [5.74, 6) is -0.876. The lowest BCUT2D eigenvalue weighted by atomic mass is 9.79. The quantitative estimate of drug-likeness (QED) is 0.578. The molecule has 1 aliphatic heterocycles. The molecule has 0 unspecified atom stereocenters. The topological polar surface area (TPSA) is 90.9 Å². The molecule has 1 aliphatic rings. The van der Waals surface area contributed by atoms with Gasteiger partial charge in [-0.1, -0.05) is 26.0 Å². The summed E-state index contributed by atoms with van der Waals surface area (Å²) in [6.45, 7) is 11.3. The van der Waals surface area contributed by atoms with Gasteiger partial charge in [-0.25, -0.2) is 8.42 Å². The SMILES string of the molecule is COC(=O)[C@@H](NS(=O)(=O)c1ccc(B2OC(C)(C)C(C)(C)O2)cc1)C(C)C. The van der Waals surface area contributed by atoms with E-state index in [2.05, 4.69) is 9.46 Å². The average molecular weight is 397 g/mol. The number of carbonyl (C=O) groups is 1. The number of benzene rings is 1. The van der Waals surface area contributed by atoms with Crippen molar-refractivity contribution in [1.82, 2.24) is 4.72 Å². The summed E-state index contributed by atoms with van der Waals surface area (Å²) in [6.07, 6.45) is 0. The van der Waals surface area contributed by atoms with Crippen molar-refractivity contribution in [3.05, 3.63) is 24.3 Å². The van der Waals surface area contributed by atoms with E-state index in [1.165, 1.54) is 19.2 Å². The first kappa shape index (κ1) is 21.9. The maximum Gasteiger partial charge on any atom is 0.494 e. The number of hydrogen-bond acceptors (Lipinski definition) is 6. The highest BCUT2D eigenvalue weighted by Crippen LogP contribution is 2.36. The summed E-state index contributed by atoms with van der Waals surface area (Å²) in [5, 5.41) is 0. The molecule has 1 saturated heterocycles. The lowest BCUT2D eigenvalue weighted by Gasteiger charge is -2.32. The number of carbonyl (C=O) groups excluding carboxylic acids is 1. The van der Waals surface area contributed by atoms with Crippen LogP contribution in [-0.4, -0.2) is 45.9 Å². The molecule has 1 fully saturated rings. The maximum absolute atomic E-state index is 12.6. The molecule has 0 spiro atoms. The van der Waals surface area contributed by atoms with Crippen LogP contribution >= 0.6 is 0 Å². The number of nitrogens with one attached hydrogen (secondary N) is 1. The second-order valence-electron chi connectivity index (χ2n) is 8.02. The minimum absolute atomic E-state index is 0.0531. The van der Waals surface area contributed by atoms with E-state index in [4.69, 9.17) is 9.31 Å². The normalized spacial score (nSPS) is 19.9. The van der Waals surface area contributed by atoms with Crippen molar-refractivity contribution in [2.75, 3.05) is 7.11 Å². The van der Waals surface area contributed by atoms with Gasteiger partial charge in [0.2, 0.25) is 10.0 Å². The van der Waals surface area contributed by atoms with Crippen molar-refractivity contribution in [2.45, 2.75) is 63.7 Å². The predicted molar refractivity (Wildman–Crippen MR) is 103 cm³/mol. The van der Waals surface area contributed by atoms with E-state index in [9.17, 15) is 13.2 Å². The van der Waals surface area contributed by atoms with Crippen LogP contribution in [0, 0.1) is 5.92 Å². The number of esters is 1. The monoisotopic (exact) mass is 397 g/mol. The van der Waals surface area contributed by atoms with Gasteiger partial charge in [0.25, 0.3) is 0 Å². The van der Waals surface area contributed by atoms with Crippen LogP contribution in [0.15, 0.2) is 29.2 Å². The fourth-order valence-electron chi connectivity index (χ4n) is 2.60. The van der Waals surface area contributed by atoms with Crippen molar-refractivity contribution in [3.8, 4) is 0 Å². The molecule has 0 aromatic heterocycles. The lowest BCUT2D eigenvalue weighted by molar-refractivity contribution is -0.143. The van der Waals surface area contributed by atoms with Gasteiger partial charge in [-0.15, -0.1) is 0 Å². The average Bonchev–Trinajstić information content (AvgIpc) is 2.79. The summed E-state index contributed by atoms with van der Waals surface area (Å²) in [6, 6.07) is 5.29. The Morgan fingerprint density at radius 1 is 1.07 bits per heavy atom. The Balaban J connectivity index is 2.20. The Bertz CT molecular complexity index is 773. The van der Waals surface area contributed by atoms with E-state index in [1.54, 1.807) is 26.0 Å². The molecular formula is C18H28BNO6S. The zero-order valence-corrected chi connectivity index (χ0v) is 17.7. The lowest BCUT2D eigenvalue weighted by Crippen LogP contribution is -2.45. The van der Waals surface area contributed by atoms with Gasteiger partial charge >= 0.3 is 13.1 Å². The first-order valence-corrected chi connectivity index (χ1v) is 10.3. The molecule has 1 N–H and O–H groups in total. The number of hydrogen-bond donors (Lipinski definition) is 1. The molecule has 150 valence electrons. The third kappa shape index (κ3) is 4.54. The molecular weight excluding hydrogens is 369 g/mol. The van der Waals surface area contributed by atoms with Crippen LogP contribution in [-0.2, 0) is 28.9 Å². The van der Waals surface area contributed by atoms with Gasteiger partial charge in [0.05, 0.1) is 23.2 Å². The molecule has 0 aliphatic carbocycles. The van der Waals surface area contributed by atoms with Gasteiger partial charge < -0.3 is 14.0 Å². The molecule has 7 nitrogen and oxygen atoms in total. The fraction of sp³-hybridized carbons (Fsp3) is 0.611. The van der Waals surface area contributed by atoms with Gasteiger partial charge in [-0.2, -0.15) is 4.72 Å². The molecule has 0 amide bonds. The molecule has 0 saturated carbocycles. The van der Waals surface area contributed by atoms with Crippen LogP contribution in [0.5, 0.6) is 0 Å². The van der Waals surface area contributed by atoms with Crippen molar-refractivity contribution in [3.63, 3.8) is 0 Å². The van der Waals surface area contributed by atoms with Crippen molar-refractivity contribution in [2.24, 2.45) is 5.92 Å². The van der Waals surface area contributed by atoms with Gasteiger partial charge in [0.15, 0.2) is 0 Å². The van der Waals surface area contributed by atoms with E-state index in [0.717, 1.165) is 5.46 Å². The number of sulfonamides is 1. The maximum atomic E-state index is 12.6. The highest BCUT2D eigenvalue weighted by atomic mass is 32.2. The molecule has 9 heteroatoms. The third-order valence-electron chi connectivity index (χ3n) is 5.12. The highest BCUT2D eigenvalue weighted by Gasteiger charge is 2.51. The van der Waals surface area contributed by atoms with E-state index < -0.39 is 40.4 Å². The van der Waals surface area contributed by atoms with Gasteiger partial charge in [-0.05, 0) is 51.2 Å². The molecule has 1 aromatic carbocycles. The van der Waals surface area contributed by atoms with Gasteiger partial charge in [0, 0.05) is 0 Å². The molecule has 27 heavy (non-hydrogen) atoms. The van der Waals surface area contributed by atoms with Crippen LogP contribution in [0.1, 0.15) is 41.5 Å². The largest absolute Gasteiger partial charge is 0.494 e. The fourth-order valence-corrected chi connectivity index (χ4v) is 3.93. The smallest absolute Gasteiger partial charge is 0.468 e.